The van der Waals surface area contributed by atoms with Gasteiger partial charge in [0.25, 0.3) is 0 Å². The van der Waals surface area contributed by atoms with E-state index >= 15 is 0 Å². The van der Waals surface area contributed by atoms with Crippen molar-refractivity contribution in [2.24, 2.45) is 5.84 Å². The molecule has 1 atom stereocenters. The number of hydrogen-bond donors (Lipinski definition) is 2. The molecule has 2 rings (SSSR count). The van der Waals surface area contributed by atoms with Gasteiger partial charge in [-0.2, -0.15) is 0 Å². The number of aryl methyl sites for hydroxylation is 2. The van der Waals surface area contributed by atoms with E-state index in [1.165, 1.54) is 23.6 Å². The number of nitrogens with two attached hydrogens (primary N) is 1. The lowest BCUT2D eigenvalue weighted by Crippen LogP contribution is -2.28. The van der Waals surface area contributed by atoms with Crippen LogP contribution in [0.1, 0.15) is 26.9 Å². The lowest BCUT2D eigenvalue weighted by Gasteiger charge is -2.15. The number of halogens is 1. The van der Waals surface area contributed by atoms with E-state index in [1.807, 2.05) is 6.07 Å². The first kappa shape index (κ1) is 14.0. The first-order valence-corrected chi connectivity index (χ1v) is 6.75. The molecular formula is C14H17FN2OS. The lowest BCUT2D eigenvalue weighted by atomic mass is 10.0. The minimum absolute atomic E-state index is 0.210. The highest BCUT2D eigenvalue weighted by molar-refractivity contribution is 7.12. The summed E-state index contributed by atoms with van der Waals surface area (Å²) in [5.74, 6) is 5.47. The van der Waals surface area contributed by atoms with Crippen molar-refractivity contribution >= 4 is 11.3 Å². The number of hydrazine groups is 1. The second-order valence-electron chi connectivity index (χ2n) is 4.38. The van der Waals surface area contributed by atoms with Gasteiger partial charge in [0.05, 0.1) is 13.2 Å². The summed E-state index contributed by atoms with van der Waals surface area (Å²) in [6.45, 7) is 4.11. The van der Waals surface area contributed by atoms with Crippen LogP contribution in [0.5, 0.6) is 5.75 Å². The van der Waals surface area contributed by atoms with Crippen LogP contribution in [0, 0.1) is 19.7 Å². The number of benzene rings is 1. The first-order valence-electron chi connectivity index (χ1n) is 5.93. The van der Waals surface area contributed by atoms with Crippen molar-refractivity contribution in [2.75, 3.05) is 7.11 Å². The Morgan fingerprint density at radius 2 is 2.05 bits per heavy atom. The van der Waals surface area contributed by atoms with E-state index < -0.39 is 0 Å². The van der Waals surface area contributed by atoms with Crippen LogP contribution in [0.25, 0.3) is 0 Å². The Kier molecular flexibility index (Phi) is 4.19. The molecule has 0 spiro atoms. The minimum Gasteiger partial charge on any atom is -0.494 e. The number of ether oxygens (including phenoxy) is 1. The first-order chi connectivity index (χ1) is 9.06. The van der Waals surface area contributed by atoms with Gasteiger partial charge in [0.2, 0.25) is 0 Å². The van der Waals surface area contributed by atoms with Gasteiger partial charge < -0.3 is 4.74 Å². The standard InChI is InChI=1S/C14H17FN2OS/c1-8-6-13(19-9(8)2)14(17-16)10-4-5-12(18-3)11(15)7-10/h4-7,14,17H,16H2,1-3H3. The van der Waals surface area contributed by atoms with E-state index in [4.69, 9.17) is 10.6 Å². The molecule has 0 saturated heterocycles. The molecule has 1 heterocycles. The van der Waals surface area contributed by atoms with Crippen LogP contribution in [-0.2, 0) is 0 Å². The van der Waals surface area contributed by atoms with Crippen molar-refractivity contribution in [3.63, 3.8) is 0 Å². The average Bonchev–Trinajstić information content (AvgIpc) is 2.70. The molecule has 0 amide bonds. The van der Waals surface area contributed by atoms with Gasteiger partial charge in [0.15, 0.2) is 11.6 Å². The number of thiophene rings is 1. The monoisotopic (exact) mass is 280 g/mol. The summed E-state index contributed by atoms with van der Waals surface area (Å²) in [4.78, 5) is 2.31. The van der Waals surface area contributed by atoms with E-state index in [0.29, 0.717) is 0 Å². The summed E-state index contributed by atoms with van der Waals surface area (Å²) in [5, 5.41) is 0. The molecule has 1 aromatic carbocycles. The number of nitrogens with one attached hydrogen (secondary N) is 1. The smallest absolute Gasteiger partial charge is 0.165 e. The van der Waals surface area contributed by atoms with Crippen molar-refractivity contribution in [1.29, 1.82) is 0 Å². The average molecular weight is 280 g/mol. The fraction of sp³-hybridized carbons (Fsp3) is 0.286. The number of methoxy groups -OCH3 is 1. The molecule has 3 nitrogen and oxygen atoms in total. The molecular weight excluding hydrogens is 263 g/mol. The van der Waals surface area contributed by atoms with E-state index in [-0.39, 0.29) is 17.6 Å². The Morgan fingerprint density at radius 1 is 1.32 bits per heavy atom. The topological polar surface area (TPSA) is 47.3 Å². The zero-order valence-electron chi connectivity index (χ0n) is 11.2. The molecule has 0 aliphatic heterocycles. The quantitative estimate of drug-likeness (QED) is 0.668. The van der Waals surface area contributed by atoms with Crippen LogP contribution in [0.2, 0.25) is 0 Å². The van der Waals surface area contributed by atoms with Gasteiger partial charge in [-0.05, 0) is 43.2 Å². The van der Waals surface area contributed by atoms with Gasteiger partial charge >= 0.3 is 0 Å². The molecule has 1 unspecified atom stereocenters. The molecule has 0 saturated carbocycles. The highest BCUT2D eigenvalue weighted by Gasteiger charge is 2.17. The van der Waals surface area contributed by atoms with Crippen LogP contribution in [-0.4, -0.2) is 7.11 Å². The third-order valence-corrected chi connectivity index (χ3v) is 4.36. The van der Waals surface area contributed by atoms with Crippen molar-refractivity contribution in [3.8, 4) is 5.75 Å². The van der Waals surface area contributed by atoms with Crippen LogP contribution in [0.4, 0.5) is 4.39 Å². The third kappa shape index (κ3) is 2.78. The Morgan fingerprint density at radius 3 is 2.53 bits per heavy atom. The number of rotatable bonds is 4. The van der Waals surface area contributed by atoms with Gasteiger partial charge in [-0.25, -0.2) is 9.82 Å². The molecule has 0 radical (unpaired) electrons. The molecule has 0 aliphatic rings. The number of hydrogen-bond acceptors (Lipinski definition) is 4. The molecule has 1 aromatic heterocycles. The summed E-state index contributed by atoms with van der Waals surface area (Å²) in [6, 6.07) is 6.75. The molecule has 0 bridgehead atoms. The minimum atomic E-state index is -0.384. The van der Waals surface area contributed by atoms with Gasteiger partial charge in [-0.15, -0.1) is 11.3 Å². The van der Waals surface area contributed by atoms with Crippen molar-refractivity contribution in [2.45, 2.75) is 19.9 Å². The van der Waals surface area contributed by atoms with Gasteiger partial charge in [0.1, 0.15) is 0 Å². The Bertz CT molecular complexity index is 563. The summed E-state index contributed by atoms with van der Waals surface area (Å²) in [6.07, 6.45) is 0. The molecule has 102 valence electrons. The largest absolute Gasteiger partial charge is 0.494 e. The van der Waals surface area contributed by atoms with E-state index in [1.54, 1.807) is 17.4 Å². The normalized spacial score (nSPS) is 12.5. The fourth-order valence-corrected chi connectivity index (χ4v) is 3.08. The summed E-state index contributed by atoms with van der Waals surface area (Å²) in [5.41, 5.74) is 4.74. The SMILES string of the molecule is COc1ccc(C(NN)c2cc(C)c(C)s2)cc1F. The zero-order valence-corrected chi connectivity index (χ0v) is 12.0. The van der Waals surface area contributed by atoms with E-state index in [9.17, 15) is 4.39 Å². The molecule has 19 heavy (non-hydrogen) atoms. The zero-order chi connectivity index (χ0) is 14.0. The fourth-order valence-electron chi connectivity index (χ4n) is 1.95. The highest BCUT2D eigenvalue weighted by Crippen LogP contribution is 2.31. The van der Waals surface area contributed by atoms with Gasteiger partial charge in [-0.1, -0.05) is 6.07 Å². The van der Waals surface area contributed by atoms with Crippen molar-refractivity contribution in [1.82, 2.24) is 5.43 Å². The Balaban J connectivity index is 2.39. The predicted molar refractivity (Wildman–Crippen MR) is 75.9 cm³/mol. The Hall–Kier alpha value is -1.43. The van der Waals surface area contributed by atoms with Gasteiger partial charge in [0, 0.05) is 9.75 Å². The predicted octanol–water partition coefficient (Wildman–Crippen LogP) is 3.07. The second kappa shape index (κ2) is 5.69. The molecule has 3 N–H and O–H groups in total. The Labute approximate surface area is 116 Å². The van der Waals surface area contributed by atoms with Crippen LogP contribution >= 0.6 is 11.3 Å². The van der Waals surface area contributed by atoms with Crippen molar-refractivity contribution < 1.29 is 9.13 Å². The summed E-state index contributed by atoms with van der Waals surface area (Å²) < 4.78 is 18.7. The molecule has 0 aliphatic carbocycles. The molecule has 2 aromatic rings. The highest BCUT2D eigenvalue weighted by atomic mass is 32.1. The van der Waals surface area contributed by atoms with Crippen LogP contribution in [0.3, 0.4) is 0 Å². The third-order valence-electron chi connectivity index (χ3n) is 3.15. The second-order valence-corrected chi connectivity index (χ2v) is 5.67. The van der Waals surface area contributed by atoms with E-state index in [2.05, 4.69) is 25.3 Å². The van der Waals surface area contributed by atoms with Gasteiger partial charge in [-0.3, -0.25) is 5.84 Å². The maximum absolute atomic E-state index is 13.8. The van der Waals surface area contributed by atoms with E-state index in [0.717, 1.165) is 10.4 Å². The maximum atomic E-state index is 13.8. The summed E-state index contributed by atoms with van der Waals surface area (Å²) in [7, 11) is 1.45. The lowest BCUT2D eigenvalue weighted by molar-refractivity contribution is 0.386. The summed E-state index contributed by atoms with van der Waals surface area (Å²) >= 11 is 1.66. The van der Waals surface area contributed by atoms with Crippen molar-refractivity contribution in [3.05, 3.63) is 51.0 Å². The molecule has 5 heteroatoms. The van der Waals surface area contributed by atoms with Crippen LogP contribution < -0.4 is 16.0 Å². The molecule has 0 fully saturated rings. The van der Waals surface area contributed by atoms with Crippen LogP contribution in [0.15, 0.2) is 24.3 Å². The maximum Gasteiger partial charge on any atom is 0.165 e.